The first kappa shape index (κ1) is 24.1. The van der Waals surface area contributed by atoms with Crippen molar-refractivity contribution in [2.75, 3.05) is 0 Å². The number of imidazole rings is 2. The van der Waals surface area contributed by atoms with E-state index in [1.54, 1.807) is 0 Å². The molecule has 0 saturated carbocycles. The van der Waals surface area contributed by atoms with Crippen molar-refractivity contribution in [1.29, 1.82) is 0 Å². The van der Waals surface area contributed by atoms with Gasteiger partial charge in [-0.25, -0.2) is 9.97 Å². The van der Waals surface area contributed by atoms with E-state index in [1.165, 1.54) is 0 Å². The van der Waals surface area contributed by atoms with Crippen LogP contribution in [0.4, 0.5) is 11.9 Å². The first-order valence-corrected chi connectivity index (χ1v) is 13.6. The minimum Gasteiger partial charge on any atom is -0.324 e. The maximum atomic E-state index is 4.94. The van der Waals surface area contributed by atoms with Crippen LogP contribution in [0.1, 0.15) is 22.8 Å². The van der Waals surface area contributed by atoms with Gasteiger partial charge in [-0.1, -0.05) is 36.4 Å². The SMILES string of the molecule is Cc1cccc(C23NC(=Nc4nc5ccccc5[nH]4)NC2(c2cccc(C)n2)NC(=Nc2nc4ccccc4[nH]2)N3)n1. The molecule has 206 valence electrons. The summed E-state index contributed by atoms with van der Waals surface area (Å²) in [5.41, 5.74) is 4.45. The van der Waals surface area contributed by atoms with Gasteiger partial charge >= 0.3 is 0 Å². The molecule has 0 amide bonds. The second-order valence-corrected chi connectivity index (χ2v) is 10.4. The van der Waals surface area contributed by atoms with Crippen LogP contribution in [0, 0.1) is 13.8 Å². The number of aryl methyl sites for hydroxylation is 2. The molecule has 6 aromatic rings. The summed E-state index contributed by atoms with van der Waals surface area (Å²) in [7, 11) is 0. The third-order valence-corrected chi connectivity index (χ3v) is 7.52. The number of aromatic amines is 2. The second-order valence-electron chi connectivity index (χ2n) is 10.4. The van der Waals surface area contributed by atoms with Crippen LogP contribution in [-0.2, 0) is 11.3 Å². The van der Waals surface area contributed by atoms with Crippen LogP contribution in [-0.4, -0.2) is 41.8 Å². The summed E-state index contributed by atoms with van der Waals surface area (Å²) in [6.45, 7) is 3.93. The molecule has 4 aromatic heterocycles. The van der Waals surface area contributed by atoms with Gasteiger partial charge in [-0.05, 0) is 62.4 Å². The number of nitrogens with one attached hydrogen (secondary N) is 6. The van der Waals surface area contributed by atoms with Crippen LogP contribution in [0.3, 0.4) is 0 Å². The van der Waals surface area contributed by atoms with Crippen molar-refractivity contribution in [3.8, 4) is 0 Å². The second kappa shape index (κ2) is 8.86. The highest BCUT2D eigenvalue weighted by atomic mass is 15.6. The average molecular weight is 555 g/mol. The Morgan fingerprint density at radius 3 is 1.33 bits per heavy atom. The first-order chi connectivity index (χ1) is 20.5. The molecule has 0 unspecified atom stereocenters. The van der Waals surface area contributed by atoms with Crippen molar-refractivity contribution in [3.05, 3.63) is 108 Å². The van der Waals surface area contributed by atoms with Gasteiger partial charge in [-0.15, -0.1) is 0 Å². The average Bonchev–Trinajstić information content (AvgIpc) is 3.72. The maximum Gasteiger partial charge on any atom is 0.231 e. The maximum absolute atomic E-state index is 4.94. The molecule has 42 heavy (non-hydrogen) atoms. The molecule has 2 aliphatic heterocycles. The molecular formula is C30H26N12. The molecule has 2 fully saturated rings. The molecular weight excluding hydrogens is 528 g/mol. The molecule has 8 rings (SSSR count). The Balaban J connectivity index is 1.31. The van der Waals surface area contributed by atoms with Gasteiger partial charge in [-0.3, -0.25) is 9.97 Å². The number of hydrogen-bond donors (Lipinski definition) is 6. The number of guanidine groups is 2. The van der Waals surface area contributed by atoms with Crippen molar-refractivity contribution >= 4 is 45.9 Å². The van der Waals surface area contributed by atoms with Gasteiger partial charge in [0.2, 0.25) is 35.1 Å². The molecule has 2 aromatic carbocycles. The Morgan fingerprint density at radius 2 is 0.929 bits per heavy atom. The highest BCUT2D eigenvalue weighted by Gasteiger charge is 2.67. The molecule has 6 heterocycles. The van der Waals surface area contributed by atoms with Gasteiger partial charge in [0, 0.05) is 11.4 Å². The summed E-state index contributed by atoms with van der Waals surface area (Å²) < 4.78 is 0. The fraction of sp³-hybridized carbons (Fsp3) is 0.133. The molecule has 0 bridgehead atoms. The predicted molar refractivity (Wildman–Crippen MR) is 160 cm³/mol. The summed E-state index contributed by atoms with van der Waals surface area (Å²) in [6.07, 6.45) is 0. The number of aromatic nitrogens is 6. The Hall–Kier alpha value is -5.78. The van der Waals surface area contributed by atoms with Gasteiger partial charge in [0.25, 0.3) is 0 Å². The lowest BCUT2D eigenvalue weighted by atomic mass is 9.88. The lowest BCUT2D eigenvalue weighted by Gasteiger charge is -2.36. The minimum absolute atomic E-state index is 0.460. The van der Waals surface area contributed by atoms with Crippen LogP contribution < -0.4 is 21.3 Å². The van der Waals surface area contributed by atoms with E-state index in [2.05, 4.69) is 41.2 Å². The predicted octanol–water partition coefficient (Wildman–Crippen LogP) is 3.61. The quantitative estimate of drug-likeness (QED) is 0.193. The first-order valence-electron chi connectivity index (χ1n) is 13.6. The molecule has 12 nitrogen and oxygen atoms in total. The Bertz CT molecular complexity index is 1820. The topological polar surface area (TPSA) is 156 Å². The molecule has 6 N–H and O–H groups in total. The summed E-state index contributed by atoms with van der Waals surface area (Å²) in [6, 6.07) is 27.5. The zero-order valence-electron chi connectivity index (χ0n) is 22.8. The number of pyridine rings is 2. The fourth-order valence-electron chi connectivity index (χ4n) is 5.66. The largest absolute Gasteiger partial charge is 0.324 e. The lowest BCUT2D eigenvalue weighted by molar-refractivity contribution is 0.196. The van der Waals surface area contributed by atoms with Crippen molar-refractivity contribution in [2.45, 2.75) is 25.2 Å². The monoisotopic (exact) mass is 554 g/mol. The van der Waals surface area contributed by atoms with Crippen molar-refractivity contribution in [3.63, 3.8) is 0 Å². The summed E-state index contributed by atoms with van der Waals surface area (Å²) in [5.74, 6) is 1.87. The molecule has 2 aliphatic rings. The smallest absolute Gasteiger partial charge is 0.231 e. The lowest BCUT2D eigenvalue weighted by Crippen LogP contribution is -2.61. The standard InChI is InChI=1S/C30H26N12/c1-17-9-7-15-23(31-17)29-30(24-16-8-10-18(2)32-24,41-27(39-29)37-25-33-19-11-3-4-12-20(19)34-25)42-28(40-29)38-26-35-21-13-5-6-14-22(21)36-26/h3-16H,1-2H3,(H3,33,34,37,39,41)(H3,35,36,38,40,42). The van der Waals surface area contributed by atoms with Crippen molar-refractivity contribution in [1.82, 2.24) is 51.2 Å². The number of benzene rings is 2. The summed E-state index contributed by atoms with van der Waals surface area (Å²) in [5, 5.41) is 14.4. The third kappa shape index (κ3) is 3.69. The summed E-state index contributed by atoms with van der Waals surface area (Å²) in [4.78, 5) is 35.4. The number of aliphatic imine (C=N–C) groups is 2. The fourth-order valence-corrected chi connectivity index (χ4v) is 5.66. The molecule has 2 saturated heterocycles. The van der Waals surface area contributed by atoms with Gasteiger partial charge in [-0.2, -0.15) is 9.98 Å². The Labute approximate surface area is 239 Å². The van der Waals surface area contributed by atoms with Crippen LogP contribution in [0.15, 0.2) is 94.9 Å². The molecule has 0 radical (unpaired) electrons. The van der Waals surface area contributed by atoms with Gasteiger partial charge in [0.1, 0.15) is 0 Å². The number of rotatable bonds is 4. The number of H-pyrrole nitrogens is 2. The molecule has 0 atom stereocenters. The van der Waals surface area contributed by atoms with E-state index in [4.69, 9.17) is 20.0 Å². The van der Waals surface area contributed by atoms with Crippen molar-refractivity contribution in [2.24, 2.45) is 9.98 Å². The van der Waals surface area contributed by atoms with Gasteiger partial charge < -0.3 is 31.2 Å². The van der Waals surface area contributed by atoms with Crippen LogP contribution >= 0.6 is 0 Å². The van der Waals surface area contributed by atoms with E-state index < -0.39 is 11.3 Å². The van der Waals surface area contributed by atoms with E-state index in [9.17, 15) is 0 Å². The van der Waals surface area contributed by atoms with Crippen LogP contribution in [0.2, 0.25) is 0 Å². The highest BCUT2D eigenvalue weighted by molar-refractivity contribution is 5.95. The van der Waals surface area contributed by atoms with E-state index in [0.717, 1.165) is 44.8 Å². The Kier molecular flexibility index (Phi) is 5.07. The highest BCUT2D eigenvalue weighted by Crippen LogP contribution is 2.42. The van der Waals surface area contributed by atoms with Crippen molar-refractivity contribution < 1.29 is 0 Å². The normalized spacial score (nSPS) is 21.0. The Morgan fingerprint density at radius 1 is 0.500 bits per heavy atom. The molecule has 12 heteroatoms. The van der Waals surface area contributed by atoms with Crippen LogP contribution in [0.25, 0.3) is 22.1 Å². The number of nitrogens with zero attached hydrogens (tertiary/aromatic N) is 6. The molecule has 0 aliphatic carbocycles. The zero-order chi connectivity index (χ0) is 28.3. The third-order valence-electron chi connectivity index (χ3n) is 7.52. The van der Waals surface area contributed by atoms with Gasteiger partial charge in [0.15, 0.2) is 0 Å². The van der Waals surface area contributed by atoms with E-state index in [-0.39, 0.29) is 0 Å². The number of hydrogen-bond acceptors (Lipinski definition) is 6. The van der Waals surface area contributed by atoms with Crippen LogP contribution in [0.5, 0.6) is 0 Å². The minimum atomic E-state index is -1.09. The molecule has 0 spiro atoms. The van der Waals surface area contributed by atoms with E-state index in [1.807, 2.05) is 98.8 Å². The number of para-hydroxylation sites is 4. The van der Waals surface area contributed by atoms with E-state index >= 15 is 0 Å². The zero-order valence-corrected chi connectivity index (χ0v) is 22.8. The van der Waals surface area contributed by atoms with E-state index in [0.29, 0.717) is 23.8 Å². The summed E-state index contributed by atoms with van der Waals surface area (Å²) >= 11 is 0. The number of fused-ring (bicyclic) bond motifs is 3. The van der Waals surface area contributed by atoms with Gasteiger partial charge in [0.05, 0.1) is 33.5 Å².